The molecular formula is C17H20I3NO5. The van der Waals surface area contributed by atoms with Gasteiger partial charge in [0.15, 0.2) is 0 Å². The van der Waals surface area contributed by atoms with Gasteiger partial charge in [-0.25, -0.2) is 4.79 Å². The number of carbonyl (C=O) groups is 2. The zero-order valence-electron chi connectivity index (χ0n) is 14.3. The van der Waals surface area contributed by atoms with Crippen LogP contribution in [0.5, 0.6) is 0 Å². The van der Waals surface area contributed by atoms with Crippen LogP contribution in [-0.4, -0.2) is 51.5 Å². The average Bonchev–Trinajstić information content (AvgIpc) is 2.59. The molecule has 0 aliphatic rings. The first-order valence-corrected chi connectivity index (χ1v) is 11.0. The van der Waals surface area contributed by atoms with Crippen LogP contribution in [-0.2, 0) is 19.0 Å². The second kappa shape index (κ2) is 13.2. The first-order chi connectivity index (χ1) is 12.3. The maximum absolute atomic E-state index is 12.2. The van der Waals surface area contributed by atoms with Crippen LogP contribution in [0.2, 0.25) is 0 Å². The third kappa shape index (κ3) is 9.28. The van der Waals surface area contributed by atoms with Crippen LogP contribution in [0.25, 0.3) is 0 Å². The molecule has 0 saturated heterocycles. The number of nitrogens with one attached hydrogen (secondary N) is 1. The predicted octanol–water partition coefficient (Wildman–Crippen LogP) is 3.38. The lowest BCUT2D eigenvalue weighted by atomic mass is 10.2. The molecule has 1 aromatic rings. The van der Waals surface area contributed by atoms with Gasteiger partial charge in [0.05, 0.1) is 32.0 Å². The molecule has 1 amide bonds. The molecule has 1 N–H and O–H groups in total. The van der Waals surface area contributed by atoms with Crippen molar-refractivity contribution >= 4 is 79.6 Å². The number of hydrogen-bond donors (Lipinski definition) is 1. The van der Waals surface area contributed by atoms with Gasteiger partial charge in [0.25, 0.3) is 5.91 Å². The summed E-state index contributed by atoms with van der Waals surface area (Å²) in [6, 6.07) is 3.90. The summed E-state index contributed by atoms with van der Waals surface area (Å²) in [6.45, 7) is 7.21. The molecule has 0 atom stereocenters. The maximum atomic E-state index is 12.2. The van der Waals surface area contributed by atoms with Gasteiger partial charge in [-0.05, 0) is 86.8 Å². The predicted molar refractivity (Wildman–Crippen MR) is 124 cm³/mol. The van der Waals surface area contributed by atoms with Gasteiger partial charge in [0, 0.05) is 22.8 Å². The minimum atomic E-state index is -0.418. The van der Waals surface area contributed by atoms with Gasteiger partial charge in [-0.15, -0.1) is 0 Å². The molecule has 0 aliphatic heterocycles. The lowest BCUT2D eigenvalue weighted by Gasteiger charge is -2.10. The number of ether oxygens (including phenoxy) is 3. The molecule has 0 aliphatic carbocycles. The van der Waals surface area contributed by atoms with Crippen molar-refractivity contribution in [3.63, 3.8) is 0 Å². The van der Waals surface area contributed by atoms with E-state index in [1.165, 1.54) is 0 Å². The van der Waals surface area contributed by atoms with Crippen molar-refractivity contribution in [3.8, 4) is 0 Å². The summed E-state index contributed by atoms with van der Waals surface area (Å²) in [5.41, 5.74) is 1.04. The molecule has 26 heavy (non-hydrogen) atoms. The van der Waals surface area contributed by atoms with Gasteiger partial charge in [0.2, 0.25) is 0 Å². The fourth-order valence-corrected chi connectivity index (χ4v) is 4.09. The molecule has 0 spiro atoms. The lowest BCUT2D eigenvalue weighted by Crippen LogP contribution is -2.28. The molecule has 9 heteroatoms. The Morgan fingerprint density at radius 1 is 1.04 bits per heavy atom. The van der Waals surface area contributed by atoms with Gasteiger partial charge in [-0.1, -0.05) is 6.58 Å². The topological polar surface area (TPSA) is 73.9 Å². The SMILES string of the molecule is C=C(C)C(=O)OCCOCCOCCNC(=O)c1cc(I)cc(I)c1I. The molecule has 0 unspecified atom stereocenters. The zero-order valence-corrected chi connectivity index (χ0v) is 20.8. The molecule has 0 heterocycles. The summed E-state index contributed by atoms with van der Waals surface area (Å²) in [7, 11) is 0. The van der Waals surface area contributed by atoms with Gasteiger partial charge < -0.3 is 19.5 Å². The maximum Gasteiger partial charge on any atom is 0.333 e. The Morgan fingerprint density at radius 3 is 2.31 bits per heavy atom. The normalized spacial score (nSPS) is 10.5. The van der Waals surface area contributed by atoms with Crippen molar-refractivity contribution in [2.45, 2.75) is 6.92 Å². The minimum Gasteiger partial charge on any atom is -0.460 e. The van der Waals surface area contributed by atoms with E-state index in [2.05, 4.69) is 79.7 Å². The number of halogens is 3. The van der Waals surface area contributed by atoms with Crippen LogP contribution in [0.3, 0.4) is 0 Å². The Balaban J connectivity index is 2.10. The van der Waals surface area contributed by atoms with E-state index in [-0.39, 0.29) is 12.5 Å². The van der Waals surface area contributed by atoms with E-state index in [1.807, 2.05) is 12.1 Å². The fourth-order valence-electron chi connectivity index (χ4n) is 1.69. The van der Waals surface area contributed by atoms with Crippen molar-refractivity contribution in [3.05, 3.63) is 40.6 Å². The van der Waals surface area contributed by atoms with Gasteiger partial charge >= 0.3 is 5.97 Å². The summed E-state index contributed by atoms with van der Waals surface area (Å²) in [4.78, 5) is 23.4. The summed E-state index contributed by atoms with van der Waals surface area (Å²) in [5.74, 6) is -0.525. The summed E-state index contributed by atoms with van der Waals surface area (Å²) >= 11 is 6.60. The minimum absolute atomic E-state index is 0.106. The van der Waals surface area contributed by atoms with E-state index < -0.39 is 5.97 Å². The Kier molecular flexibility index (Phi) is 12.2. The monoisotopic (exact) mass is 699 g/mol. The zero-order chi connectivity index (χ0) is 19.5. The molecule has 0 aromatic heterocycles. The van der Waals surface area contributed by atoms with E-state index in [1.54, 1.807) is 6.92 Å². The van der Waals surface area contributed by atoms with Crippen molar-refractivity contribution in [2.24, 2.45) is 0 Å². The standard InChI is InChI=1S/C17H20I3NO5/c1-11(2)17(23)26-8-7-25-6-5-24-4-3-21-16(22)13-9-12(18)10-14(19)15(13)20/h9-10H,1,3-8H2,2H3,(H,21,22). The highest BCUT2D eigenvalue weighted by molar-refractivity contribution is 14.1. The first-order valence-electron chi connectivity index (χ1n) is 7.73. The average molecular weight is 699 g/mol. The Bertz CT molecular complexity index is 652. The molecule has 0 saturated carbocycles. The van der Waals surface area contributed by atoms with E-state index in [9.17, 15) is 9.59 Å². The van der Waals surface area contributed by atoms with Crippen molar-refractivity contribution < 1.29 is 23.8 Å². The molecule has 1 aromatic carbocycles. The Hall–Kier alpha value is 0.0100. The van der Waals surface area contributed by atoms with E-state index in [0.717, 1.165) is 10.7 Å². The second-order valence-corrected chi connectivity index (χ2v) is 8.63. The highest BCUT2D eigenvalue weighted by Crippen LogP contribution is 2.22. The number of rotatable bonds is 11. The van der Waals surface area contributed by atoms with Crippen molar-refractivity contribution in [1.82, 2.24) is 5.32 Å². The van der Waals surface area contributed by atoms with Gasteiger partial charge in [-0.2, -0.15) is 0 Å². The Morgan fingerprint density at radius 2 is 1.65 bits per heavy atom. The molecule has 0 fully saturated rings. The largest absolute Gasteiger partial charge is 0.460 e. The third-order valence-electron chi connectivity index (χ3n) is 2.95. The highest BCUT2D eigenvalue weighted by atomic mass is 127. The molecule has 6 nitrogen and oxygen atoms in total. The third-order valence-corrected chi connectivity index (χ3v) is 6.62. The number of amides is 1. The number of carbonyl (C=O) groups excluding carboxylic acids is 2. The molecule has 0 radical (unpaired) electrons. The quantitative estimate of drug-likeness (QED) is 0.126. The van der Waals surface area contributed by atoms with E-state index >= 15 is 0 Å². The van der Waals surface area contributed by atoms with Crippen LogP contribution in [0, 0.1) is 10.7 Å². The lowest BCUT2D eigenvalue weighted by molar-refractivity contribution is -0.140. The van der Waals surface area contributed by atoms with E-state index in [4.69, 9.17) is 14.2 Å². The van der Waals surface area contributed by atoms with Crippen LogP contribution in [0.4, 0.5) is 0 Å². The van der Waals surface area contributed by atoms with Crippen molar-refractivity contribution in [1.29, 1.82) is 0 Å². The smallest absolute Gasteiger partial charge is 0.333 e. The van der Waals surface area contributed by atoms with Crippen LogP contribution in [0.15, 0.2) is 24.3 Å². The van der Waals surface area contributed by atoms with Gasteiger partial charge in [-0.3, -0.25) is 4.79 Å². The summed E-state index contributed by atoms with van der Waals surface area (Å²) in [5, 5.41) is 2.85. The van der Waals surface area contributed by atoms with Crippen LogP contribution < -0.4 is 5.32 Å². The van der Waals surface area contributed by atoms with Crippen LogP contribution >= 0.6 is 67.8 Å². The summed E-state index contributed by atoms with van der Waals surface area (Å²) < 4.78 is 18.6. The van der Waals surface area contributed by atoms with Crippen LogP contribution in [0.1, 0.15) is 17.3 Å². The molecule has 0 bridgehead atoms. The fraction of sp³-hybridized carbons (Fsp3) is 0.412. The first kappa shape index (κ1) is 24.0. The molecule has 1 rings (SSSR count). The van der Waals surface area contributed by atoms with Gasteiger partial charge in [0.1, 0.15) is 6.61 Å². The van der Waals surface area contributed by atoms with Crippen molar-refractivity contribution in [2.75, 3.05) is 39.6 Å². The Labute approximate surface area is 194 Å². The number of hydrogen-bond acceptors (Lipinski definition) is 5. The molecule has 144 valence electrons. The van der Waals surface area contributed by atoms with E-state index in [0.29, 0.717) is 44.1 Å². The molecular weight excluding hydrogens is 679 g/mol. The summed E-state index contributed by atoms with van der Waals surface area (Å²) in [6.07, 6.45) is 0. The second-order valence-electron chi connectivity index (χ2n) is 5.15. The number of esters is 1. The number of benzene rings is 1. The highest BCUT2D eigenvalue weighted by Gasteiger charge is 2.13.